The van der Waals surface area contributed by atoms with Crippen molar-refractivity contribution in [3.63, 3.8) is 0 Å². The molecule has 1 atom stereocenters. The van der Waals surface area contributed by atoms with Crippen LogP contribution in [-0.2, 0) is 17.9 Å². The Bertz CT molecular complexity index is 853. The summed E-state index contributed by atoms with van der Waals surface area (Å²) in [5, 5.41) is 5.86. The van der Waals surface area contributed by atoms with Gasteiger partial charge in [-0.2, -0.15) is 0 Å². The summed E-state index contributed by atoms with van der Waals surface area (Å²) in [5.74, 6) is 0.287. The van der Waals surface area contributed by atoms with Crippen LogP contribution in [0.15, 0.2) is 59.9 Å². The van der Waals surface area contributed by atoms with Gasteiger partial charge in [0.2, 0.25) is 6.35 Å². The van der Waals surface area contributed by atoms with Crippen molar-refractivity contribution in [2.45, 2.75) is 19.5 Å². The fourth-order valence-corrected chi connectivity index (χ4v) is 3.17. The Balaban J connectivity index is 1.48. The number of nitrogens with two attached hydrogens (primary N) is 2. The average Bonchev–Trinajstić information content (AvgIpc) is 2.71. The SMILES string of the molecule is N[I-]c1cc(C(=O)NCc2ccc(COC3N=C(N)C=CN3)cc2)ccn1. The summed E-state index contributed by atoms with van der Waals surface area (Å²) in [7, 11) is 0. The third-order valence-corrected chi connectivity index (χ3v) is 4.97. The van der Waals surface area contributed by atoms with Gasteiger partial charge in [-0.3, -0.25) is 0 Å². The van der Waals surface area contributed by atoms with E-state index < -0.39 is 27.8 Å². The molecule has 1 unspecified atom stereocenters. The van der Waals surface area contributed by atoms with Gasteiger partial charge in [-0.05, 0) is 6.08 Å². The molecule has 0 bridgehead atoms. The summed E-state index contributed by atoms with van der Waals surface area (Å²) in [6.07, 6.45) is 4.52. The second kappa shape index (κ2) is 9.44. The summed E-state index contributed by atoms with van der Waals surface area (Å²) in [6.45, 7) is 0.835. The van der Waals surface area contributed by atoms with Crippen LogP contribution in [0.1, 0.15) is 21.5 Å². The number of pyridine rings is 1. The number of benzene rings is 1. The van der Waals surface area contributed by atoms with Crippen LogP contribution in [0.2, 0.25) is 0 Å². The molecule has 1 aliphatic rings. The second-order valence-corrected chi connectivity index (χ2v) is 7.42. The molecule has 0 radical (unpaired) electrons. The standard InChI is InChI=1S/C18H20IN6O2/c20-16-6-8-23-18(25-16)27-11-13-3-1-12(2-4-13)10-24-17(26)14-5-7-22-15(9-14)19-21/h1-9,18,23H,10-11,21H2,(H2,20,25)(H,24,26)/q-1. The fourth-order valence-electron chi connectivity index (χ4n) is 2.33. The van der Waals surface area contributed by atoms with Crippen LogP contribution in [0.4, 0.5) is 0 Å². The van der Waals surface area contributed by atoms with Crippen LogP contribution in [0.5, 0.6) is 0 Å². The number of hydrogen-bond acceptors (Lipinski definition) is 7. The molecule has 27 heavy (non-hydrogen) atoms. The molecule has 0 saturated heterocycles. The minimum atomic E-state index is -0.629. The molecule has 3 rings (SSSR count). The molecular weight excluding hydrogens is 459 g/mol. The predicted octanol–water partition coefficient (Wildman–Crippen LogP) is -2.58. The predicted molar refractivity (Wildman–Crippen MR) is 97.2 cm³/mol. The van der Waals surface area contributed by atoms with Gasteiger partial charge in [-0.15, -0.1) is 0 Å². The first-order valence-corrected chi connectivity index (χ1v) is 10.5. The maximum atomic E-state index is 12.2. The maximum absolute atomic E-state index is 12.2. The molecule has 8 nitrogen and oxygen atoms in total. The van der Waals surface area contributed by atoms with Gasteiger partial charge in [-0.25, -0.2) is 4.99 Å². The van der Waals surface area contributed by atoms with Gasteiger partial charge >= 0.3 is 127 Å². The third-order valence-electron chi connectivity index (χ3n) is 3.74. The van der Waals surface area contributed by atoms with E-state index in [1.807, 2.05) is 24.3 Å². The van der Waals surface area contributed by atoms with Crippen LogP contribution in [0, 0.1) is 3.70 Å². The van der Waals surface area contributed by atoms with Gasteiger partial charge in [0, 0.05) is 6.20 Å². The number of aromatic nitrogens is 1. The zero-order valence-corrected chi connectivity index (χ0v) is 16.6. The summed E-state index contributed by atoms with van der Waals surface area (Å²) in [6, 6.07) is 11.2. The zero-order valence-electron chi connectivity index (χ0n) is 14.4. The van der Waals surface area contributed by atoms with Crippen molar-refractivity contribution in [1.29, 1.82) is 0 Å². The number of ether oxygens (including phenoxy) is 1. The molecule has 0 aliphatic carbocycles. The number of amides is 1. The van der Waals surface area contributed by atoms with E-state index in [1.54, 1.807) is 30.6 Å². The summed E-state index contributed by atoms with van der Waals surface area (Å²) < 4.78 is 12.1. The topological polar surface area (TPSA) is 128 Å². The molecule has 1 aromatic carbocycles. The number of nitrogens with zero attached hydrogens (tertiary/aromatic N) is 2. The first kappa shape index (κ1) is 19.3. The number of amidine groups is 1. The fraction of sp³-hybridized carbons (Fsp3) is 0.167. The Morgan fingerprint density at radius 3 is 2.78 bits per heavy atom. The number of hydrogen-bond donors (Lipinski definition) is 4. The van der Waals surface area contributed by atoms with E-state index in [0.29, 0.717) is 24.6 Å². The van der Waals surface area contributed by atoms with Gasteiger partial charge in [-0.1, -0.05) is 0 Å². The van der Waals surface area contributed by atoms with Crippen molar-refractivity contribution in [2.75, 3.05) is 0 Å². The van der Waals surface area contributed by atoms with Crippen LogP contribution in [0.25, 0.3) is 0 Å². The Hall–Kier alpha value is -2.50. The molecule has 9 heteroatoms. The van der Waals surface area contributed by atoms with Crippen molar-refractivity contribution < 1.29 is 31.0 Å². The van der Waals surface area contributed by atoms with Crippen LogP contribution >= 0.6 is 0 Å². The van der Waals surface area contributed by atoms with Gasteiger partial charge in [0.05, 0.1) is 0 Å². The molecule has 142 valence electrons. The molecule has 0 spiro atoms. The molecule has 2 aromatic rings. The van der Waals surface area contributed by atoms with Gasteiger partial charge < -0.3 is 11.1 Å². The van der Waals surface area contributed by atoms with Crippen LogP contribution < -0.4 is 41.8 Å². The third kappa shape index (κ3) is 5.74. The molecule has 6 N–H and O–H groups in total. The first-order valence-electron chi connectivity index (χ1n) is 8.17. The van der Waals surface area contributed by atoms with Crippen LogP contribution in [0.3, 0.4) is 0 Å². The molecular formula is C18H20IN6O2-. The van der Waals surface area contributed by atoms with Crippen LogP contribution in [-0.4, -0.2) is 23.1 Å². The number of rotatable bonds is 7. The molecule has 1 amide bonds. The number of carbonyl (C=O) groups is 1. The van der Waals surface area contributed by atoms with Crippen molar-refractivity contribution in [3.05, 3.63) is 75.3 Å². The van der Waals surface area contributed by atoms with E-state index in [4.69, 9.17) is 14.4 Å². The van der Waals surface area contributed by atoms with Gasteiger partial charge in [0.25, 0.3) is 0 Å². The van der Waals surface area contributed by atoms with Crippen molar-refractivity contribution in [1.82, 2.24) is 15.6 Å². The van der Waals surface area contributed by atoms with E-state index in [1.165, 1.54) is 0 Å². The Labute approximate surface area is 167 Å². The number of nitrogens with one attached hydrogen (secondary N) is 2. The summed E-state index contributed by atoms with van der Waals surface area (Å²) >= 11 is -0.629. The van der Waals surface area contributed by atoms with E-state index in [2.05, 4.69) is 20.6 Å². The van der Waals surface area contributed by atoms with E-state index in [9.17, 15) is 4.79 Å². The Morgan fingerprint density at radius 2 is 2.04 bits per heavy atom. The second-order valence-electron chi connectivity index (χ2n) is 5.69. The molecule has 2 heterocycles. The van der Waals surface area contributed by atoms with E-state index in [0.717, 1.165) is 14.8 Å². The van der Waals surface area contributed by atoms with Crippen molar-refractivity contribution in [2.24, 2.45) is 14.7 Å². The van der Waals surface area contributed by atoms with E-state index in [-0.39, 0.29) is 5.91 Å². The Morgan fingerprint density at radius 1 is 1.26 bits per heavy atom. The first-order chi connectivity index (χ1) is 13.1. The average molecular weight is 479 g/mol. The van der Waals surface area contributed by atoms with Gasteiger partial charge in [0.15, 0.2) is 0 Å². The molecule has 1 aromatic heterocycles. The summed E-state index contributed by atoms with van der Waals surface area (Å²) in [4.78, 5) is 20.5. The zero-order chi connectivity index (χ0) is 19.1. The van der Waals surface area contributed by atoms with Gasteiger partial charge in [0.1, 0.15) is 5.84 Å². The number of halogens is 1. The molecule has 0 saturated carbocycles. The minimum absolute atomic E-state index is 0.143. The molecule has 1 aliphatic heterocycles. The number of aliphatic imine (C=N–C) groups is 1. The normalized spacial score (nSPS) is 15.9. The quantitative estimate of drug-likeness (QED) is 0.196. The van der Waals surface area contributed by atoms with E-state index >= 15 is 0 Å². The monoisotopic (exact) mass is 479 g/mol. The molecule has 0 fully saturated rings. The van der Waals surface area contributed by atoms with Crippen molar-refractivity contribution in [3.8, 4) is 0 Å². The van der Waals surface area contributed by atoms with Crippen molar-refractivity contribution >= 4 is 11.7 Å². The summed E-state index contributed by atoms with van der Waals surface area (Å²) in [5.41, 5.74) is 8.20. The number of carbonyl (C=O) groups excluding carboxylic acids is 1. The Kier molecular flexibility index (Phi) is 6.74.